The molecule has 0 aliphatic heterocycles. The van der Waals surface area contributed by atoms with Gasteiger partial charge in [0.1, 0.15) is 0 Å². The lowest BCUT2D eigenvalue weighted by Gasteiger charge is -2.16. The third kappa shape index (κ3) is 5.70. The first-order valence-corrected chi connectivity index (χ1v) is 5.78. The van der Waals surface area contributed by atoms with Crippen LogP contribution in [0, 0.1) is 0 Å². The van der Waals surface area contributed by atoms with Gasteiger partial charge in [0.15, 0.2) is 0 Å². The van der Waals surface area contributed by atoms with Gasteiger partial charge in [0.25, 0.3) is 0 Å². The first-order chi connectivity index (χ1) is 7.59. The van der Waals surface area contributed by atoms with Crippen LogP contribution in [0.3, 0.4) is 0 Å². The number of carboxylic acid groups (broad SMARTS) is 1. The standard InChI is InChI=1S/C11H20N2O3/c1-13(8-2-3-11(15)16)10(14)6-7-12-9-4-5-9/h9,12H,2-8H2,1H3,(H,15,16). The lowest BCUT2D eigenvalue weighted by molar-refractivity contribution is -0.138. The van der Waals surface area contributed by atoms with Gasteiger partial charge < -0.3 is 15.3 Å². The second kappa shape index (κ2) is 6.48. The van der Waals surface area contributed by atoms with Crippen molar-refractivity contribution in [1.82, 2.24) is 10.2 Å². The molecular formula is C11H20N2O3. The van der Waals surface area contributed by atoms with Gasteiger partial charge in [-0.25, -0.2) is 0 Å². The van der Waals surface area contributed by atoms with Crippen LogP contribution in [0.25, 0.3) is 0 Å². The molecule has 0 unspecified atom stereocenters. The molecule has 0 aromatic carbocycles. The van der Waals surface area contributed by atoms with Gasteiger partial charge in [-0.2, -0.15) is 0 Å². The Kier molecular flexibility index (Phi) is 5.25. The largest absolute Gasteiger partial charge is 0.481 e. The number of nitrogens with one attached hydrogen (secondary N) is 1. The van der Waals surface area contributed by atoms with E-state index < -0.39 is 5.97 Å². The van der Waals surface area contributed by atoms with Crippen molar-refractivity contribution in [3.63, 3.8) is 0 Å². The van der Waals surface area contributed by atoms with Gasteiger partial charge in [0.2, 0.25) is 5.91 Å². The van der Waals surface area contributed by atoms with Crippen molar-refractivity contribution in [2.45, 2.75) is 38.1 Å². The average molecular weight is 228 g/mol. The number of aliphatic carboxylic acids is 1. The van der Waals surface area contributed by atoms with Crippen LogP contribution >= 0.6 is 0 Å². The van der Waals surface area contributed by atoms with Crippen molar-refractivity contribution in [1.29, 1.82) is 0 Å². The fraction of sp³-hybridized carbons (Fsp3) is 0.818. The number of amides is 1. The quantitative estimate of drug-likeness (QED) is 0.633. The molecule has 5 heteroatoms. The Balaban J connectivity index is 2.01. The van der Waals surface area contributed by atoms with Crippen molar-refractivity contribution in [2.75, 3.05) is 20.1 Å². The predicted octanol–water partition coefficient (Wildman–Crippen LogP) is 0.452. The summed E-state index contributed by atoms with van der Waals surface area (Å²) in [5.74, 6) is -0.727. The minimum atomic E-state index is -0.809. The highest BCUT2D eigenvalue weighted by Gasteiger charge is 2.20. The van der Waals surface area contributed by atoms with E-state index in [1.807, 2.05) is 0 Å². The highest BCUT2D eigenvalue weighted by molar-refractivity contribution is 5.76. The number of carbonyl (C=O) groups is 2. The topological polar surface area (TPSA) is 69.6 Å². The SMILES string of the molecule is CN(CCCC(=O)O)C(=O)CCNC1CC1. The van der Waals surface area contributed by atoms with Gasteiger partial charge in [0, 0.05) is 39.0 Å². The van der Waals surface area contributed by atoms with Crippen LogP contribution in [-0.2, 0) is 9.59 Å². The van der Waals surface area contributed by atoms with E-state index in [9.17, 15) is 9.59 Å². The molecule has 1 aliphatic carbocycles. The van der Waals surface area contributed by atoms with E-state index in [0.717, 1.165) is 6.54 Å². The first-order valence-electron chi connectivity index (χ1n) is 5.78. The maximum atomic E-state index is 11.6. The average Bonchev–Trinajstić information content (AvgIpc) is 3.00. The van der Waals surface area contributed by atoms with Gasteiger partial charge in [-0.05, 0) is 19.3 Å². The molecular weight excluding hydrogens is 208 g/mol. The fourth-order valence-electron chi connectivity index (χ4n) is 1.45. The molecule has 92 valence electrons. The second-order valence-corrected chi connectivity index (χ2v) is 4.29. The van der Waals surface area contributed by atoms with E-state index in [2.05, 4.69) is 5.32 Å². The van der Waals surface area contributed by atoms with Crippen LogP contribution in [0.2, 0.25) is 0 Å². The van der Waals surface area contributed by atoms with E-state index in [1.54, 1.807) is 11.9 Å². The summed E-state index contributed by atoms with van der Waals surface area (Å²) in [5, 5.41) is 11.7. The lowest BCUT2D eigenvalue weighted by atomic mass is 10.3. The number of carboxylic acids is 1. The van der Waals surface area contributed by atoms with Crippen molar-refractivity contribution < 1.29 is 14.7 Å². The minimum absolute atomic E-state index is 0.0820. The van der Waals surface area contributed by atoms with Gasteiger partial charge in [-0.15, -0.1) is 0 Å². The predicted molar refractivity (Wildman–Crippen MR) is 60.1 cm³/mol. The van der Waals surface area contributed by atoms with Crippen molar-refractivity contribution >= 4 is 11.9 Å². The fourth-order valence-corrected chi connectivity index (χ4v) is 1.45. The van der Waals surface area contributed by atoms with Crippen LogP contribution in [-0.4, -0.2) is 48.1 Å². The zero-order chi connectivity index (χ0) is 12.0. The van der Waals surface area contributed by atoms with E-state index in [-0.39, 0.29) is 12.3 Å². The number of nitrogens with zero attached hydrogens (tertiary/aromatic N) is 1. The first kappa shape index (κ1) is 13.0. The second-order valence-electron chi connectivity index (χ2n) is 4.29. The van der Waals surface area contributed by atoms with Crippen molar-refractivity contribution in [2.24, 2.45) is 0 Å². The third-order valence-electron chi connectivity index (χ3n) is 2.66. The molecule has 1 amide bonds. The molecule has 0 heterocycles. The molecule has 0 aromatic rings. The molecule has 0 aromatic heterocycles. The Hall–Kier alpha value is -1.10. The molecule has 0 spiro atoms. The van der Waals surface area contributed by atoms with Gasteiger partial charge in [0.05, 0.1) is 0 Å². The lowest BCUT2D eigenvalue weighted by Crippen LogP contribution is -2.31. The number of hydrogen-bond acceptors (Lipinski definition) is 3. The monoisotopic (exact) mass is 228 g/mol. The molecule has 1 aliphatic rings. The van der Waals surface area contributed by atoms with Gasteiger partial charge in [-0.3, -0.25) is 9.59 Å². The number of rotatable bonds is 8. The summed E-state index contributed by atoms with van der Waals surface area (Å²) in [6, 6.07) is 0.630. The minimum Gasteiger partial charge on any atom is -0.481 e. The zero-order valence-corrected chi connectivity index (χ0v) is 9.74. The summed E-state index contributed by atoms with van der Waals surface area (Å²) >= 11 is 0. The van der Waals surface area contributed by atoms with Crippen molar-refractivity contribution in [3.8, 4) is 0 Å². The molecule has 1 rings (SSSR count). The zero-order valence-electron chi connectivity index (χ0n) is 9.74. The molecule has 0 radical (unpaired) electrons. The van der Waals surface area contributed by atoms with Gasteiger partial charge >= 0.3 is 5.97 Å². The third-order valence-corrected chi connectivity index (χ3v) is 2.66. The summed E-state index contributed by atoms with van der Waals surface area (Å²) in [6.07, 6.45) is 3.59. The molecule has 0 saturated heterocycles. The normalized spacial score (nSPS) is 14.8. The summed E-state index contributed by atoms with van der Waals surface area (Å²) in [5.41, 5.74) is 0. The van der Waals surface area contributed by atoms with Crippen LogP contribution < -0.4 is 5.32 Å². The van der Waals surface area contributed by atoms with E-state index in [4.69, 9.17) is 5.11 Å². The van der Waals surface area contributed by atoms with Crippen LogP contribution in [0.4, 0.5) is 0 Å². The van der Waals surface area contributed by atoms with Crippen LogP contribution in [0.1, 0.15) is 32.1 Å². The molecule has 5 nitrogen and oxygen atoms in total. The molecule has 1 fully saturated rings. The van der Waals surface area contributed by atoms with Crippen molar-refractivity contribution in [3.05, 3.63) is 0 Å². The smallest absolute Gasteiger partial charge is 0.303 e. The molecule has 16 heavy (non-hydrogen) atoms. The summed E-state index contributed by atoms with van der Waals surface area (Å²) in [4.78, 5) is 23.5. The molecule has 2 N–H and O–H groups in total. The maximum Gasteiger partial charge on any atom is 0.303 e. The van der Waals surface area contributed by atoms with E-state index in [1.165, 1.54) is 12.8 Å². The Labute approximate surface area is 95.8 Å². The van der Waals surface area contributed by atoms with E-state index >= 15 is 0 Å². The molecule has 0 bridgehead atoms. The Morgan fingerprint density at radius 3 is 2.62 bits per heavy atom. The highest BCUT2D eigenvalue weighted by Crippen LogP contribution is 2.18. The highest BCUT2D eigenvalue weighted by atomic mass is 16.4. The van der Waals surface area contributed by atoms with Gasteiger partial charge in [-0.1, -0.05) is 0 Å². The van der Waals surface area contributed by atoms with Crippen LogP contribution in [0.15, 0.2) is 0 Å². The van der Waals surface area contributed by atoms with Crippen LogP contribution in [0.5, 0.6) is 0 Å². The number of hydrogen-bond donors (Lipinski definition) is 2. The van der Waals surface area contributed by atoms with E-state index in [0.29, 0.717) is 25.4 Å². The Bertz CT molecular complexity index is 252. The number of carbonyl (C=O) groups excluding carboxylic acids is 1. The Morgan fingerprint density at radius 1 is 1.38 bits per heavy atom. The summed E-state index contributed by atoms with van der Waals surface area (Å²) < 4.78 is 0. The maximum absolute atomic E-state index is 11.6. The molecule has 1 saturated carbocycles. The summed E-state index contributed by atoms with van der Waals surface area (Å²) in [6.45, 7) is 1.25. The molecule has 0 atom stereocenters. The Morgan fingerprint density at radius 2 is 2.06 bits per heavy atom. The summed E-state index contributed by atoms with van der Waals surface area (Å²) in [7, 11) is 1.72.